The maximum Gasteiger partial charge on any atom is 0.315 e. The van der Waals surface area contributed by atoms with Gasteiger partial charge in [0.1, 0.15) is 0 Å². The zero-order chi connectivity index (χ0) is 22.3. The van der Waals surface area contributed by atoms with Crippen molar-refractivity contribution in [1.82, 2.24) is 25.8 Å². The molecule has 8 nitrogen and oxygen atoms in total. The number of amides is 4. The monoisotopic (exact) mass is 417 g/mol. The van der Waals surface area contributed by atoms with E-state index >= 15 is 0 Å². The predicted octanol–water partition coefficient (Wildman–Crippen LogP) is 1.57. The maximum atomic E-state index is 12.8. The van der Waals surface area contributed by atoms with Crippen molar-refractivity contribution in [3.63, 3.8) is 0 Å². The van der Waals surface area contributed by atoms with Crippen LogP contribution in [0.4, 0.5) is 4.79 Å². The molecule has 1 saturated heterocycles. The largest absolute Gasteiger partial charge is 0.350 e. The Labute approximate surface area is 179 Å². The molecule has 0 aliphatic carbocycles. The van der Waals surface area contributed by atoms with E-state index in [4.69, 9.17) is 0 Å². The smallest absolute Gasteiger partial charge is 0.315 e. The van der Waals surface area contributed by atoms with Gasteiger partial charge in [-0.25, -0.2) is 4.79 Å². The molecule has 1 aliphatic rings. The summed E-state index contributed by atoms with van der Waals surface area (Å²) in [5.74, 6) is -0.000552. The average Bonchev–Trinajstić information content (AvgIpc) is 2.65. The first-order valence-corrected chi connectivity index (χ1v) is 10.5. The number of urea groups is 1. The Bertz CT molecular complexity index is 732. The highest BCUT2D eigenvalue weighted by Gasteiger charge is 2.24. The number of hydrogen-bond donors (Lipinski definition) is 3. The lowest BCUT2D eigenvalue weighted by molar-refractivity contribution is -0.124. The van der Waals surface area contributed by atoms with Gasteiger partial charge >= 0.3 is 6.03 Å². The summed E-state index contributed by atoms with van der Waals surface area (Å²) in [6.45, 7) is 13.0. The number of benzene rings is 1. The average molecular weight is 418 g/mol. The lowest BCUT2D eigenvalue weighted by atomic mass is 10.1. The minimum atomic E-state index is -0.241. The second kappa shape index (κ2) is 10.4. The molecule has 1 heterocycles. The second-order valence-electron chi connectivity index (χ2n) is 9.05. The topological polar surface area (TPSA) is 93.8 Å². The van der Waals surface area contributed by atoms with Crippen LogP contribution in [0.3, 0.4) is 0 Å². The van der Waals surface area contributed by atoms with Gasteiger partial charge in [0.25, 0.3) is 5.91 Å². The highest BCUT2D eigenvalue weighted by molar-refractivity contribution is 5.94. The number of nitrogens with zero attached hydrogens (tertiary/aromatic N) is 2. The third-order valence-electron chi connectivity index (χ3n) is 4.61. The number of rotatable bonds is 6. The number of carbonyl (C=O) groups is 3. The van der Waals surface area contributed by atoms with E-state index in [9.17, 15) is 14.4 Å². The number of carbonyl (C=O) groups excluding carboxylic acids is 3. The van der Waals surface area contributed by atoms with Gasteiger partial charge in [-0.1, -0.05) is 12.1 Å². The van der Waals surface area contributed by atoms with Gasteiger partial charge in [-0.05, 0) is 52.3 Å². The van der Waals surface area contributed by atoms with Crippen LogP contribution in [0, 0.1) is 0 Å². The molecule has 166 valence electrons. The van der Waals surface area contributed by atoms with Gasteiger partial charge in [-0.15, -0.1) is 0 Å². The van der Waals surface area contributed by atoms with E-state index in [1.807, 2.05) is 51.7 Å². The minimum Gasteiger partial charge on any atom is -0.350 e. The van der Waals surface area contributed by atoms with Gasteiger partial charge in [0.15, 0.2) is 0 Å². The molecule has 0 bridgehead atoms. The second-order valence-corrected chi connectivity index (χ2v) is 9.05. The van der Waals surface area contributed by atoms with Gasteiger partial charge < -0.3 is 20.9 Å². The van der Waals surface area contributed by atoms with Crippen molar-refractivity contribution in [3.05, 3.63) is 35.4 Å². The molecular formula is C22H35N5O3. The molecule has 1 aromatic rings. The SMILES string of the molecule is CC(C)NC(=O)NCc1ccc(C(=O)N2CCN(CC(=O)NC(C)(C)C)CC2)cc1. The zero-order valence-corrected chi connectivity index (χ0v) is 18.7. The summed E-state index contributed by atoms with van der Waals surface area (Å²) in [6, 6.07) is 7.18. The lowest BCUT2D eigenvalue weighted by Gasteiger charge is -2.35. The van der Waals surface area contributed by atoms with Crippen LogP contribution >= 0.6 is 0 Å². The van der Waals surface area contributed by atoms with Crippen molar-refractivity contribution in [2.45, 2.75) is 52.7 Å². The van der Waals surface area contributed by atoms with Crippen LogP contribution in [-0.2, 0) is 11.3 Å². The van der Waals surface area contributed by atoms with Crippen LogP contribution in [0.5, 0.6) is 0 Å². The van der Waals surface area contributed by atoms with E-state index < -0.39 is 0 Å². The van der Waals surface area contributed by atoms with Crippen LogP contribution in [0.25, 0.3) is 0 Å². The van der Waals surface area contributed by atoms with Gasteiger partial charge in [-0.3, -0.25) is 14.5 Å². The molecule has 0 saturated carbocycles. The van der Waals surface area contributed by atoms with Crippen LogP contribution in [-0.4, -0.2) is 71.9 Å². The van der Waals surface area contributed by atoms with E-state index in [2.05, 4.69) is 20.9 Å². The Morgan fingerprint density at radius 1 is 1.00 bits per heavy atom. The standard InChI is InChI=1S/C22H35N5O3/c1-16(2)24-21(30)23-14-17-6-8-18(9-7-17)20(29)27-12-10-26(11-13-27)15-19(28)25-22(3,4)5/h6-9,16H,10-15H2,1-5H3,(H,25,28)(H2,23,24,30). The van der Waals surface area contributed by atoms with E-state index in [0.717, 1.165) is 5.56 Å². The fourth-order valence-corrected chi connectivity index (χ4v) is 3.21. The lowest BCUT2D eigenvalue weighted by Crippen LogP contribution is -2.52. The third kappa shape index (κ3) is 8.02. The fourth-order valence-electron chi connectivity index (χ4n) is 3.21. The Kier molecular flexibility index (Phi) is 8.23. The van der Waals surface area contributed by atoms with E-state index in [-0.39, 0.29) is 29.4 Å². The van der Waals surface area contributed by atoms with Crippen molar-refractivity contribution >= 4 is 17.8 Å². The van der Waals surface area contributed by atoms with Crippen LogP contribution < -0.4 is 16.0 Å². The minimum absolute atomic E-state index is 0.00792. The van der Waals surface area contributed by atoms with E-state index in [0.29, 0.717) is 44.8 Å². The van der Waals surface area contributed by atoms with Crippen molar-refractivity contribution in [2.75, 3.05) is 32.7 Å². The summed E-state index contributed by atoms with van der Waals surface area (Å²) >= 11 is 0. The molecule has 0 aromatic heterocycles. The highest BCUT2D eigenvalue weighted by Crippen LogP contribution is 2.11. The van der Waals surface area contributed by atoms with Crippen LogP contribution in [0.2, 0.25) is 0 Å². The van der Waals surface area contributed by atoms with Crippen molar-refractivity contribution < 1.29 is 14.4 Å². The Morgan fingerprint density at radius 2 is 1.60 bits per heavy atom. The number of hydrogen-bond acceptors (Lipinski definition) is 4. The molecule has 1 aromatic carbocycles. The molecule has 30 heavy (non-hydrogen) atoms. The first-order chi connectivity index (χ1) is 14.0. The molecule has 2 rings (SSSR count). The van der Waals surface area contributed by atoms with Gasteiger partial charge in [0, 0.05) is 49.9 Å². The van der Waals surface area contributed by atoms with Gasteiger partial charge in [-0.2, -0.15) is 0 Å². The summed E-state index contributed by atoms with van der Waals surface area (Å²) in [6.07, 6.45) is 0. The molecule has 0 unspecified atom stereocenters. The third-order valence-corrected chi connectivity index (χ3v) is 4.61. The highest BCUT2D eigenvalue weighted by atomic mass is 16.2. The fraction of sp³-hybridized carbons (Fsp3) is 0.591. The first kappa shape index (κ1) is 23.7. The molecular weight excluding hydrogens is 382 g/mol. The molecule has 1 aliphatic heterocycles. The van der Waals surface area contributed by atoms with Crippen LogP contribution in [0.1, 0.15) is 50.5 Å². The summed E-state index contributed by atoms with van der Waals surface area (Å²) in [5.41, 5.74) is 1.32. The summed E-state index contributed by atoms with van der Waals surface area (Å²) in [5, 5.41) is 8.53. The summed E-state index contributed by atoms with van der Waals surface area (Å²) < 4.78 is 0. The van der Waals surface area contributed by atoms with Crippen LogP contribution in [0.15, 0.2) is 24.3 Å². The summed E-state index contributed by atoms with van der Waals surface area (Å²) in [4.78, 5) is 40.4. The number of piperazine rings is 1. The van der Waals surface area contributed by atoms with Crippen molar-refractivity contribution in [2.24, 2.45) is 0 Å². The predicted molar refractivity (Wildman–Crippen MR) is 117 cm³/mol. The van der Waals surface area contributed by atoms with E-state index in [1.165, 1.54) is 0 Å². The molecule has 0 spiro atoms. The van der Waals surface area contributed by atoms with Crippen molar-refractivity contribution in [1.29, 1.82) is 0 Å². The Hall–Kier alpha value is -2.61. The molecule has 8 heteroatoms. The maximum absolute atomic E-state index is 12.8. The quantitative estimate of drug-likeness (QED) is 0.655. The molecule has 1 fully saturated rings. The Morgan fingerprint density at radius 3 is 2.13 bits per heavy atom. The number of nitrogens with one attached hydrogen (secondary N) is 3. The Balaban J connectivity index is 1.79. The first-order valence-electron chi connectivity index (χ1n) is 10.5. The van der Waals surface area contributed by atoms with Gasteiger partial charge in [0.2, 0.25) is 5.91 Å². The summed E-state index contributed by atoms with van der Waals surface area (Å²) in [7, 11) is 0. The molecule has 0 atom stereocenters. The van der Waals surface area contributed by atoms with E-state index in [1.54, 1.807) is 12.1 Å². The normalized spacial score (nSPS) is 15.1. The zero-order valence-electron chi connectivity index (χ0n) is 18.7. The molecule has 0 radical (unpaired) electrons. The molecule has 4 amide bonds. The van der Waals surface area contributed by atoms with Crippen molar-refractivity contribution in [3.8, 4) is 0 Å². The van der Waals surface area contributed by atoms with Gasteiger partial charge in [0.05, 0.1) is 6.54 Å². The molecule has 3 N–H and O–H groups in total.